The molecule has 55 heavy (non-hydrogen) atoms. The van der Waals surface area contributed by atoms with Crippen molar-refractivity contribution >= 4 is 47.1 Å². The average Bonchev–Trinajstić information content (AvgIpc) is 3.74. The minimum Gasteiger partial charge on any atom is -0.462 e. The summed E-state index contributed by atoms with van der Waals surface area (Å²) in [5.74, 6) is -1.61. The lowest BCUT2D eigenvalue weighted by Crippen LogP contribution is -2.44. The summed E-state index contributed by atoms with van der Waals surface area (Å²) >= 11 is 0. The number of carbonyl (C=O) groups excluding carboxylic acids is 4. The monoisotopic (exact) mass is 752 g/mol. The molecule has 0 saturated carbocycles. The summed E-state index contributed by atoms with van der Waals surface area (Å²) in [5, 5.41) is 15.7. The van der Waals surface area contributed by atoms with Crippen molar-refractivity contribution in [1.29, 1.82) is 0 Å². The lowest BCUT2D eigenvalue weighted by Gasteiger charge is -2.30. The Morgan fingerprint density at radius 3 is 1.78 bits per heavy atom. The van der Waals surface area contributed by atoms with Crippen molar-refractivity contribution in [3.63, 3.8) is 0 Å². The van der Waals surface area contributed by atoms with Gasteiger partial charge in [-0.05, 0) is 76.0 Å². The number of H-pyrrole nitrogens is 1. The molecule has 11 heteroatoms. The van der Waals surface area contributed by atoms with E-state index in [0.29, 0.717) is 78.6 Å². The Kier molecular flexibility index (Phi) is 14.9. The van der Waals surface area contributed by atoms with Crippen molar-refractivity contribution in [3.8, 4) is 11.1 Å². The molecule has 1 aliphatic rings. The lowest BCUT2D eigenvalue weighted by molar-refractivity contribution is -0.137. The molecule has 2 aromatic carbocycles. The van der Waals surface area contributed by atoms with E-state index in [1.807, 2.05) is 95.3 Å². The maximum atomic E-state index is 14.1. The first kappa shape index (κ1) is 42.5. The molecular formula is C44H56N4O7. The molecule has 0 saturated heterocycles. The minimum absolute atomic E-state index is 0.0365. The average molecular weight is 753 g/mol. The number of amidine groups is 1. The topological polar surface area (TPSA) is 159 Å². The number of benzene rings is 2. The summed E-state index contributed by atoms with van der Waals surface area (Å²) in [6.45, 7) is 13.4. The zero-order chi connectivity index (χ0) is 40.2. The van der Waals surface area contributed by atoms with E-state index in [-0.39, 0.29) is 54.4 Å². The van der Waals surface area contributed by atoms with E-state index in [9.17, 15) is 24.3 Å². The molecule has 0 atom stereocenters. The van der Waals surface area contributed by atoms with E-state index < -0.39 is 22.8 Å². The highest BCUT2D eigenvalue weighted by atomic mass is 16.5. The number of nitrogens with zero attached hydrogens (tertiary/aromatic N) is 1. The Balaban J connectivity index is 2.07. The van der Waals surface area contributed by atoms with Crippen LogP contribution in [0.25, 0.3) is 22.8 Å². The van der Waals surface area contributed by atoms with Gasteiger partial charge in [0.2, 0.25) is 11.8 Å². The van der Waals surface area contributed by atoms with Gasteiger partial charge in [-0.3, -0.25) is 9.59 Å². The molecule has 2 amide bonds. The molecule has 294 valence electrons. The van der Waals surface area contributed by atoms with Crippen molar-refractivity contribution in [3.05, 3.63) is 88.8 Å². The highest BCUT2D eigenvalue weighted by Crippen LogP contribution is 2.41. The first-order chi connectivity index (χ1) is 26.5. The van der Waals surface area contributed by atoms with Crippen LogP contribution < -0.4 is 10.6 Å². The fourth-order valence-corrected chi connectivity index (χ4v) is 7.32. The molecule has 0 aliphatic carbocycles. The second kappa shape index (κ2) is 19.3. The maximum Gasteiger partial charge on any atom is 0.342 e. The van der Waals surface area contributed by atoms with E-state index in [4.69, 9.17) is 14.5 Å². The fraction of sp³-hybridized carbons (Fsp3) is 0.432. The third-order valence-corrected chi connectivity index (χ3v) is 11.0. The molecule has 1 aromatic heterocycles. The number of rotatable bonds is 18. The zero-order valence-corrected chi connectivity index (χ0v) is 33.3. The molecule has 1 aliphatic heterocycles. The molecule has 4 N–H and O–H groups in total. The van der Waals surface area contributed by atoms with Gasteiger partial charge in [0, 0.05) is 28.6 Å². The molecule has 0 spiro atoms. The molecule has 2 heterocycles. The molecule has 0 radical (unpaired) electrons. The first-order valence-corrected chi connectivity index (χ1v) is 19.5. The summed E-state index contributed by atoms with van der Waals surface area (Å²) in [5.41, 5.74) is 1.70. The smallest absolute Gasteiger partial charge is 0.342 e. The van der Waals surface area contributed by atoms with Gasteiger partial charge < -0.3 is 30.2 Å². The molecule has 0 unspecified atom stereocenters. The second-order valence-electron chi connectivity index (χ2n) is 13.6. The van der Waals surface area contributed by atoms with Crippen molar-refractivity contribution in [2.24, 2.45) is 15.8 Å². The third kappa shape index (κ3) is 8.99. The van der Waals surface area contributed by atoms with Crippen LogP contribution in [0.5, 0.6) is 0 Å². The van der Waals surface area contributed by atoms with Gasteiger partial charge in [-0.15, -0.1) is 0 Å². The maximum absolute atomic E-state index is 14.1. The van der Waals surface area contributed by atoms with Crippen LogP contribution in [-0.4, -0.2) is 59.5 Å². The number of allylic oxidation sites excluding steroid dienone is 1. The highest BCUT2D eigenvalue weighted by molar-refractivity contribution is 6.31. The normalized spacial score (nSPS) is 13.8. The van der Waals surface area contributed by atoms with Crippen molar-refractivity contribution < 1.29 is 33.8 Å². The predicted octanol–water partition coefficient (Wildman–Crippen LogP) is 8.48. The van der Waals surface area contributed by atoms with Gasteiger partial charge in [-0.1, -0.05) is 95.3 Å². The number of carbonyl (C=O) groups is 4. The Morgan fingerprint density at radius 2 is 1.25 bits per heavy atom. The zero-order valence-electron chi connectivity index (χ0n) is 33.3. The number of aliphatic hydroxyl groups is 1. The van der Waals surface area contributed by atoms with E-state index in [0.717, 1.165) is 0 Å². The summed E-state index contributed by atoms with van der Waals surface area (Å²) in [6.07, 6.45) is 5.44. The number of anilines is 1. The van der Waals surface area contributed by atoms with E-state index in [1.165, 1.54) is 0 Å². The second-order valence-corrected chi connectivity index (χ2v) is 13.6. The number of ether oxygens (including phenoxy) is 2. The van der Waals surface area contributed by atoms with Crippen molar-refractivity contribution in [1.82, 2.24) is 10.3 Å². The largest absolute Gasteiger partial charge is 0.462 e. The Morgan fingerprint density at radius 1 is 0.727 bits per heavy atom. The van der Waals surface area contributed by atoms with Gasteiger partial charge in [0.05, 0.1) is 24.6 Å². The van der Waals surface area contributed by atoms with Gasteiger partial charge in [-0.25, -0.2) is 14.6 Å². The van der Waals surface area contributed by atoms with Gasteiger partial charge in [0.1, 0.15) is 22.8 Å². The van der Waals surface area contributed by atoms with Crippen LogP contribution in [0.3, 0.4) is 0 Å². The van der Waals surface area contributed by atoms with Crippen LogP contribution in [-0.2, 0) is 23.9 Å². The Bertz CT molecular complexity index is 1910. The van der Waals surface area contributed by atoms with Crippen LogP contribution >= 0.6 is 0 Å². The molecule has 4 rings (SSSR count). The Hall–Kier alpha value is -5.29. The summed E-state index contributed by atoms with van der Waals surface area (Å²) in [6, 6.07) is 18.5. The number of aromatic amines is 1. The molecule has 0 bridgehead atoms. The SMILES string of the molecule is CCOC(=O)C1=C(c2ccccc2)/C(=C/c2[nH]c(NC(=O)C(CC)(CC)CC)c(C(=O)OCC)c2-c2ccccc2)N=C1NC(=O)C(CC)(CC)CCCO. The first-order valence-electron chi connectivity index (χ1n) is 19.5. The van der Waals surface area contributed by atoms with E-state index >= 15 is 0 Å². The number of aliphatic hydroxyl groups excluding tert-OH is 1. The standard InChI is InChI=1S/C44H56N4O7/c1-8-43(9-2,10-3)41(52)47-37-35(39(50)54-13-6)33(29-22-17-15-18-23-29)31(45-37)28-32-34(30-24-19-16-20-25-30)36(40(51)55-14-7)38(46-32)48-42(53)44(11-4,12-5)26-21-27-49/h15-20,22-25,28,45,49H,8-14,21,26-27H2,1-7H3,(H,47,52)(H,46,48,53)/b32-28-. The molecule has 3 aromatic rings. The minimum atomic E-state index is -0.809. The summed E-state index contributed by atoms with van der Waals surface area (Å²) < 4.78 is 11.1. The van der Waals surface area contributed by atoms with Crippen LogP contribution in [0, 0.1) is 10.8 Å². The highest BCUT2D eigenvalue weighted by Gasteiger charge is 2.40. The summed E-state index contributed by atoms with van der Waals surface area (Å²) in [4.78, 5) is 64.1. The van der Waals surface area contributed by atoms with Gasteiger partial charge >= 0.3 is 11.9 Å². The van der Waals surface area contributed by atoms with Crippen LogP contribution in [0.4, 0.5) is 5.82 Å². The number of amides is 2. The van der Waals surface area contributed by atoms with Gasteiger partial charge in [0.25, 0.3) is 0 Å². The Labute approximate surface area is 324 Å². The van der Waals surface area contributed by atoms with E-state index in [1.54, 1.807) is 19.9 Å². The van der Waals surface area contributed by atoms with Gasteiger partial charge in [-0.2, -0.15) is 0 Å². The van der Waals surface area contributed by atoms with Crippen molar-refractivity contribution in [2.45, 2.75) is 93.4 Å². The molecular weight excluding hydrogens is 697 g/mol. The predicted molar refractivity (Wildman–Crippen MR) is 217 cm³/mol. The van der Waals surface area contributed by atoms with Gasteiger partial charge in [0.15, 0.2) is 0 Å². The lowest BCUT2D eigenvalue weighted by atomic mass is 9.77. The number of nitrogens with one attached hydrogen (secondary N) is 3. The van der Waals surface area contributed by atoms with Crippen LogP contribution in [0.1, 0.15) is 115 Å². The van der Waals surface area contributed by atoms with Crippen LogP contribution in [0.15, 0.2) is 76.9 Å². The fourth-order valence-electron chi connectivity index (χ4n) is 7.32. The van der Waals surface area contributed by atoms with Crippen LogP contribution in [0.2, 0.25) is 0 Å². The molecule has 0 fully saturated rings. The van der Waals surface area contributed by atoms with E-state index in [2.05, 4.69) is 15.6 Å². The number of esters is 2. The molecule has 11 nitrogen and oxygen atoms in total. The summed E-state index contributed by atoms with van der Waals surface area (Å²) in [7, 11) is 0. The number of hydrogen-bond acceptors (Lipinski definition) is 8. The number of hydrogen-bond donors (Lipinski definition) is 4. The van der Waals surface area contributed by atoms with Crippen molar-refractivity contribution in [2.75, 3.05) is 25.1 Å². The number of aliphatic imine (C=N–C) groups is 1. The third-order valence-electron chi connectivity index (χ3n) is 11.0. The quantitative estimate of drug-likeness (QED) is 0.0949. The number of aromatic nitrogens is 1.